The molecule has 1 saturated heterocycles. The maximum Gasteiger partial charge on any atom is 0.340 e. The molecule has 2 rings (SSSR count). The first-order chi connectivity index (χ1) is 9.19. The summed E-state index contributed by atoms with van der Waals surface area (Å²) in [4.78, 5) is 13.7. The molecule has 0 saturated carbocycles. The van der Waals surface area contributed by atoms with Gasteiger partial charge in [0.2, 0.25) is 0 Å². The van der Waals surface area contributed by atoms with Gasteiger partial charge in [-0.05, 0) is 12.1 Å². The van der Waals surface area contributed by atoms with Gasteiger partial charge in [-0.15, -0.1) is 0 Å². The number of carbonyl (C=O) groups excluding carboxylic acids is 1. The second-order valence-electron chi connectivity index (χ2n) is 4.34. The number of anilines is 2. The van der Waals surface area contributed by atoms with E-state index in [1.165, 1.54) is 7.11 Å². The highest BCUT2D eigenvalue weighted by Crippen LogP contribution is 2.31. The van der Waals surface area contributed by atoms with E-state index in [0.29, 0.717) is 36.7 Å². The summed E-state index contributed by atoms with van der Waals surface area (Å²) in [7, 11) is 1.33. The highest BCUT2D eigenvalue weighted by atomic mass is 16.5. The van der Waals surface area contributed by atoms with Gasteiger partial charge in [0.25, 0.3) is 0 Å². The van der Waals surface area contributed by atoms with Crippen LogP contribution in [-0.4, -0.2) is 50.6 Å². The van der Waals surface area contributed by atoms with Gasteiger partial charge >= 0.3 is 5.97 Å². The molecular weight excluding hydrogens is 248 g/mol. The molecule has 0 amide bonds. The van der Waals surface area contributed by atoms with Crippen molar-refractivity contribution in [1.82, 2.24) is 0 Å². The molecule has 1 atom stereocenters. The molecule has 6 nitrogen and oxygen atoms in total. The van der Waals surface area contributed by atoms with Crippen molar-refractivity contribution >= 4 is 17.3 Å². The Morgan fingerprint density at radius 3 is 3.11 bits per heavy atom. The lowest BCUT2D eigenvalue weighted by Crippen LogP contribution is -2.48. The Labute approximate surface area is 111 Å². The lowest BCUT2D eigenvalue weighted by molar-refractivity contribution is 0.0594. The van der Waals surface area contributed by atoms with Crippen LogP contribution in [0.15, 0.2) is 18.2 Å². The quantitative estimate of drug-likeness (QED) is 0.602. The zero-order valence-corrected chi connectivity index (χ0v) is 10.8. The molecule has 1 unspecified atom stereocenters. The van der Waals surface area contributed by atoms with E-state index in [-0.39, 0.29) is 12.6 Å². The number of rotatable bonds is 3. The van der Waals surface area contributed by atoms with Gasteiger partial charge in [-0.3, -0.25) is 0 Å². The molecule has 0 spiro atoms. The first kappa shape index (κ1) is 13.6. The highest BCUT2D eigenvalue weighted by Gasteiger charge is 2.28. The fourth-order valence-corrected chi connectivity index (χ4v) is 2.26. The van der Waals surface area contributed by atoms with Crippen molar-refractivity contribution in [1.29, 1.82) is 0 Å². The SMILES string of the molecule is COC(=O)c1cccc(N)c1N1CCOCC1CO. The summed E-state index contributed by atoms with van der Waals surface area (Å²) in [5, 5.41) is 9.42. The summed E-state index contributed by atoms with van der Waals surface area (Å²) < 4.78 is 10.1. The van der Waals surface area contributed by atoms with Gasteiger partial charge in [0.15, 0.2) is 0 Å². The molecule has 0 radical (unpaired) electrons. The normalized spacial score (nSPS) is 19.3. The third kappa shape index (κ3) is 2.64. The number of hydrogen-bond acceptors (Lipinski definition) is 6. The van der Waals surface area contributed by atoms with Crippen molar-refractivity contribution in [3.63, 3.8) is 0 Å². The van der Waals surface area contributed by atoms with Gasteiger partial charge in [-0.25, -0.2) is 4.79 Å². The van der Waals surface area contributed by atoms with Crippen molar-refractivity contribution in [3.05, 3.63) is 23.8 Å². The van der Waals surface area contributed by atoms with Gasteiger partial charge in [-0.1, -0.05) is 6.07 Å². The molecule has 1 heterocycles. The molecule has 6 heteroatoms. The molecule has 104 valence electrons. The summed E-state index contributed by atoms with van der Waals surface area (Å²) in [6.07, 6.45) is 0. The zero-order valence-electron chi connectivity index (χ0n) is 10.8. The van der Waals surface area contributed by atoms with Gasteiger partial charge in [0.05, 0.1) is 49.9 Å². The molecular formula is C13H18N2O4. The molecule has 0 aliphatic carbocycles. The standard InChI is InChI=1S/C13H18N2O4/c1-18-13(17)10-3-2-4-11(14)12(10)15-5-6-19-8-9(15)7-16/h2-4,9,16H,5-8,14H2,1H3. The predicted octanol–water partition coefficient (Wildman–Crippen LogP) is 0.253. The number of para-hydroxylation sites is 1. The summed E-state index contributed by atoms with van der Waals surface area (Å²) in [5.41, 5.74) is 7.49. The van der Waals surface area contributed by atoms with Crippen molar-refractivity contribution in [2.75, 3.05) is 44.1 Å². The van der Waals surface area contributed by atoms with E-state index in [4.69, 9.17) is 15.2 Å². The number of nitrogen functional groups attached to an aromatic ring is 1. The van der Waals surface area contributed by atoms with Crippen LogP contribution in [0, 0.1) is 0 Å². The van der Waals surface area contributed by atoms with Crippen LogP contribution < -0.4 is 10.6 Å². The average Bonchev–Trinajstić information content (AvgIpc) is 2.46. The van der Waals surface area contributed by atoms with Crippen molar-refractivity contribution in [3.8, 4) is 0 Å². The number of ether oxygens (including phenoxy) is 2. The lowest BCUT2D eigenvalue weighted by Gasteiger charge is -2.37. The number of aliphatic hydroxyl groups excluding tert-OH is 1. The third-order valence-corrected chi connectivity index (χ3v) is 3.20. The maximum atomic E-state index is 11.8. The topological polar surface area (TPSA) is 85.0 Å². The summed E-state index contributed by atoms with van der Waals surface area (Å²) in [5.74, 6) is -0.439. The van der Waals surface area contributed by atoms with E-state index in [1.807, 2.05) is 4.90 Å². The highest BCUT2D eigenvalue weighted by molar-refractivity contribution is 5.99. The first-order valence-electron chi connectivity index (χ1n) is 6.11. The number of benzene rings is 1. The molecule has 0 aromatic heterocycles. The fourth-order valence-electron chi connectivity index (χ4n) is 2.26. The Balaban J connectivity index is 2.44. The van der Waals surface area contributed by atoms with Crippen LogP contribution in [0.4, 0.5) is 11.4 Å². The number of methoxy groups -OCH3 is 1. The maximum absolute atomic E-state index is 11.8. The molecule has 1 aliphatic rings. The van der Waals surface area contributed by atoms with E-state index in [2.05, 4.69) is 0 Å². The minimum atomic E-state index is -0.439. The molecule has 19 heavy (non-hydrogen) atoms. The van der Waals surface area contributed by atoms with Gasteiger partial charge in [0.1, 0.15) is 0 Å². The molecule has 0 bridgehead atoms. The number of aliphatic hydroxyl groups is 1. The van der Waals surface area contributed by atoms with Crippen LogP contribution in [0.3, 0.4) is 0 Å². The Bertz CT molecular complexity index is 464. The van der Waals surface area contributed by atoms with E-state index in [1.54, 1.807) is 18.2 Å². The third-order valence-electron chi connectivity index (χ3n) is 3.20. The van der Waals surface area contributed by atoms with Crippen LogP contribution in [0.1, 0.15) is 10.4 Å². The Kier molecular flexibility index (Phi) is 4.24. The van der Waals surface area contributed by atoms with Crippen molar-refractivity contribution < 1.29 is 19.4 Å². The number of hydrogen-bond donors (Lipinski definition) is 2. The number of esters is 1. The molecule has 1 fully saturated rings. The lowest BCUT2D eigenvalue weighted by atomic mass is 10.1. The van der Waals surface area contributed by atoms with E-state index in [9.17, 15) is 9.90 Å². The second-order valence-corrected chi connectivity index (χ2v) is 4.34. The summed E-state index contributed by atoms with van der Waals surface area (Å²) >= 11 is 0. The van der Waals surface area contributed by atoms with Crippen molar-refractivity contribution in [2.24, 2.45) is 0 Å². The Hall–Kier alpha value is -1.79. The first-order valence-corrected chi connectivity index (χ1v) is 6.11. The van der Waals surface area contributed by atoms with Crippen molar-refractivity contribution in [2.45, 2.75) is 6.04 Å². The molecule has 1 aromatic rings. The number of nitrogens with two attached hydrogens (primary N) is 1. The smallest absolute Gasteiger partial charge is 0.340 e. The molecule has 3 N–H and O–H groups in total. The minimum absolute atomic E-state index is 0.0606. The van der Waals surface area contributed by atoms with E-state index >= 15 is 0 Å². The second kappa shape index (κ2) is 5.90. The summed E-state index contributed by atoms with van der Waals surface area (Å²) in [6, 6.07) is 4.90. The van der Waals surface area contributed by atoms with Crippen LogP contribution >= 0.6 is 0 Å². The van der Waals surface area contributed by atoms with Gasteiger partial charge < -0.3 is 25.2 Å². The minimum Gasteiger partial charge on any atom is -0.465 e. The Morgan fingerprint density at radius 1 is 1.63 bits per heavy atom. The largest absolute Gasteiger partial charge is 0.465 e. The molecule has 1 aromatic carbocycles. The van der Waals surface area contributed by atoms with Crippen LogP contribution in [0.2, 0.25) is 0 Å². The van der Waals surface area contributed by atoms with Crippen LogP contribution in [0.5, 0.6) is 0 Å². The number of carbonyl (C=O) groups is 1. The fraction of sp³-hybridized carbons (Fsp3) is 0.462. The average molecular weight is 266 g/mol. The van der Waals surface area contributed by atoms with E-state index in [0.717, 1.165) is 0 Å². The Morgan fingerprint density at radius 2 is 2.42 bits per heavy atom. The van der Waals surface area contributed by atoms with Crippen LogP contribution in [-0.2, 0) is 9.47 Å². The van der Waals surface area contributed by atoms with Crippen LogP contribution in [0.25, 0.3) is 0 Å². The summed E-state index contributed by atoms with van der Waals surface area (Å²) in [6.45, 7) is 1.45. The molecule has 1 aliphatic heterocycles. The number of morpholine rings is 1. The monoisotopic (exact) mass is 266 g/mol. The van der Waals surface area contributed by atoms with Gasteiger partial charge in [-0.2, -0.15) is 0 Å². The number of nitrogens with zero attached hydrogens (tertiary/aromatic N) is 1. The predicted molar refractivity (Wildman–Crippen MR) is 71.2 cm³/mol. The van der Waals surface area contributed by atoms with E-state index < -0.39 is 5.97 Å². The zero-order chi connectivity index (χ0) is 13.8. The van der Waals surface area contributed by atoms with Gasteiger partial charge in [0, 0.05) is 6.54 Å².